The minimum atomic E-state index is -1.08. The van der Waals surface area contributed by atoms with Gasteiger partial charge in [0.15, 0.2) is 0 Å². The topological polar surface area (TPSA) is 94.0 Å². The first-order valence-corrected chi connectivity index (χ1v) is 6.51. The minimum Gasteiger partial charge on any atom is -0.478 e. The van der Waals surface area contributed by atoms with Crippen LogP contribution < -0.4 is 5.73 Å². The molecule has 2 rings (SSSR count). The van der Waals surface area contributed by atoms with Crippen molar-refractivity contribution in [1.82, 2.24) is 15.0 Å². The van der Waals surface area contributed by atoms with Gasteiger partial charge in [-0.1, -0.05) is 30.7 Å². The highest BCUT2D eigenvalue weighted by Crippen LogP contribution is 2.24. The zero-order valence-corrected chi connectivity index (χ0v) is 11.9. The van der Waals surface area contributed by atoms with Crippen LogP contribution in [0.4, 0.5) is 0 Å². The van der Waals surface area contributed by atoms with Gasteiger partial charge in [0.2, 0.25) is 0 Å². The minimum absolute atomic E-state index is 0.0312. The van der Waals surface area contributed by atoms with E-state index in [2.05, 4.69) is 10.3 Å². The lowest BCUT2D eigenvalue weighted by molar-refractivity contribution is 0.0697. The lowest BCUT2D eigenvalue weighted by Gasteiger charge is -2.11. The third-order valence-corrected chi connectivity index (χ3v) is 3.27. The molecule has 0 fully saturated rings. The van der Waals surface area contributed by atoms with Crippen LogP contribution in [0.5, 0.6) is 0 Å². The lowest BCUT2D eigenvalue weighted by Crippen LogP contribution is -2.09. The fourth-order valence-corrected chi connectivity index (χ4v) is 2.24. The van der Waals surface area contributed by atoms with E-state index >= 15 is 0 Å². The highest BCUT2D eigenvalue weighted by Gasteiger charge is 2.18. The van der Waals surface area contributed by atoms with Crippen LogP contribution in [0.15, 0.2) is 18.2 Å². The zero-order valence-electron chi connectivity index (χ0n) is 11.2. The molecule has 1 aromatic heterocycles. The van der Waals surface area contributed by atoms with Gasteiger partial charge in [-0.2, -0.15) is 0 Å². The maximum atomic E-state index is 11.1. The lowest BCUT2D eigenvalue weighted by atomic mass is 10.1. The number of hydrogen-bond acceptors (Lipinski definition) is 4. The van der Waals surface area contributed by atoms with Gasteiger partial charge in [-0.3, -0.25) is 0 Å². The number of carbonyl (C=O) groups is 1. The van der Waals surface area contributed by atoms with E-state index in [9.17, 15) is 4.79 Å². The summed E-state index contributed by atoms with van der Waals surface area (Å²) in [6.45, 7) is 4.29. The fourth-order valence-electron chi connectivity index (χ4n) is 2.04. The van der Waals surface area contributed by atoms with Crippen molar-refractivity contribution in [2.45, 2.75) is 26.3 Å². The molecule has 0 aliphatic carbocycles. The molecule has 0 saturated heterocycles. The molecular formula is C13H15ClN4O2. The van der Waals surface area contributed by atoms with E-state index in [-0.39, 0.29) is 23.0 Å². The van der Waals surface area contributed by atoms with Crippen molar-refractivity contribution in [1.29, 1.82) is 0 Å². The normalized spacial score (nSPS) is 11.1. The van der Waals surface area contributed by atoms with Crippen molar-refractivity contribution in [2.24, 2.45) is 5.73 Å². The number of halogens is 1. The Morgan fingerprint density at radius 3 is 2.75 bits per heavy atom. The summed E-state index contributed by atoms with van der Waals surface area (Å²) in [6, 6.07) is 4.72. The summed E-state index contributed by atoms with van der Waals surface area (Å²) in [5.41, 5.74) is 7.85. The Balaban J connectivity index is 2.60. The summed E-state index contributed by atoms with van der Waals surface area (Å²) < 4.78 is 1.61. The Hall–Kier alpha value is -1.92. The second-order valence-corrected chi connectivity index (χ2v) is 5.07. The largest absolute Gasteiger partial charge is 0.478 e. The summed E-state index contributed by atoms with van der Waals surface area (Å²) in [5, 5.41) is 17.4. The van der Waals surface area contributed by atoms with Gasteiger partial charge in [0, 0.05) is 6.54 Å². The zero-order chi connectivity index (χ0) is 14.9. The summed E-state index contributed by atoms with van der Waals surface area (Å²) in [5.74, 6) is -0.922. The predicted octanol–water partition coefficient (Wildman–Crippen LogP) is 2.20. The summed E-state index contributed by atoms with van der Waals surface area (Å²) in [4.78, 5) is 11.1. The van der Waals surface area contributed by atoms with Crippen molar-refractivity contribution in [3.8, 4) is 5.69 Å². The van der Waals surface area contributed by atoms with Gasteiger partial charge in [0.05, 0.1) is 22.0 Å². The Bertz CT molecular complexity index is 652. The second-order valence-electron chi connectivity index (χ2n) is 4.66. The molecule has 0 bridgehead atoms. The number of nitrogens with zero attached hydrogens (tertiary/aromatic N) is 3. The smallest absolute Gasteiger partial charge is 0.337 e. The van der Waals surface area contributed by atoms with Crippen LogP contribution in [-0.4, -0.2) is 26.1 Å². The number of carboxylic acids is 1. The number of rotatable bonds is 4. The van der Waals surface area contributed by atoms with Crippen LogP contribution in [0.2, 0.25) is 5.02 Å². The number of aromatic carboxylic acids is 1. The second kappa shape index (κ2) is 5.60. The van der Waals surface area contributed by atoms with Crippen molar-refractivity contribution < 1.29 is 9.90 Å². The maximum Gasteiger partial charge on any atom is 0.337 e. The molecule has 0 saturated carbocycles. The molecule has 0 spiro atoms. The van der Waals surface area contributed by atoms with Crippen LogP contribution in [0.25, 0.3) is 5.69 Å². The van der Waals surface area contributed by atoms with Gasteiger partial charge in [0.1, 0.15) is 5.69 Å². The maximum absolute atomic E-state index is 11.1. The molecule has 3 N–H and O–H groups in total. The van der Waals surface area contributed by atoms with Crippen LogP contribution in [0.3, 0.4) is 0 Å². The van der Waals surface area contributed by atoms with E-state index < -0.39 is 5.97 Å². The molecule has 1 aromatic carbocycles. The van der Waals surface area contributed by atoms with E-state index in [1.807, 2.05) is 13.8 Å². The highest BCUT2D eigenvalue weighted by molar-refractivity contribution is 6.33. The molecule has 7 heteroatoms. The van der Waals surface area contributed by atoms with Gasteiger partial charge in [0.25, 0.3) is 0 Å². The van der Waals surface area contributed by atoms with Gasteiger partial charge in [-0.15, -0.1) is 5.10 Å². The van der Waals surface area contributed by atoms with Gasteiger partial charge >= 0.3 is 5.97 Å². The van der Waals surface area contributed by atoms with Crippen molar-refractivity contribution >= 4 is 17.6 Å². The molecule has 2 aromatic rings. The average molecular weight is 295 g/mol. The van der Waals surface area contributed by atoms with Gasteiger partial charge < -0.3 is 10.8 Å². The van der Waals surface area contributed by atoms with E-state index in [4.69, 9.17) is 22.4 Å². The van der Waals surface area contributed by atoms with Crippen molar-refractivity contribution in [3.05, 3.63) is 40.2 Å². The first-order chi connectivity index (χ1) is 9.45. The Kier molecular flexibility index (Phi) is 4.06. The van der Waals surface area contributed by atoms with Crippen molar-refractivity contribution in [3.63, 3.8) is 0 Å². The molecule has 0 aliphatic rings. The van der Waals surface area contributed by atoms with Crippen LogP contribution >= 0.6 is 11.6 Å². The quantitative estimate of drug-likeness (QED) is 0.901. The SMILES string of the molecule is CC(C)c1c(CN)nnn1-c1ccc(Cl)c(C(=O)O)c1. The van der Waals surface area contributed by atoms with E-state index in [1.165, 1.54) is 12.1 Å². The van der Waals surface area contributed by atoms with E-state index in [0.29, 0.717) is 11.4 Å². The molecule has 0 atom stereocenters. The third-order valence-electron chi connectivity index (χ3n) is 2.94. The van der Waals surface area contributed by atoms with Crippen LogP contribution in [-0.2, 0) is 6.54 Å². The standard InChI is InChI=1S/C13H15ClN4O2/c1-7(2)12-11(6-15)16-17-18(12)8-3-4-10(14)9(5-8)13(19)20/h3-5,7H,6,15H2,1-2H3,(H,19,20). The molecule has 0 radical (unpaired) electrons. The molecular weight excluding hydrogens is 280 g/mol. The molecule has 0 amide bonds. The van der Waals surface area contributed by atoms with Gasteiger partial charge in [-0.25, -0.2) is 9.48 Å². The fraction of sp³-hybridized carbons (Fsp3) is 0.308. The van der Waals surface area contributed by atoms with Crippen molar-refractivity contribution in [2.75, 3.05) is 0 Å². The number of aromatic nitrogens is 3. The number of nitrogens with two attached hydrogens (primary N) is 1. The average Bonchev–Trinajstić information content (AvgIpc) is 2.82. The monoisotopic (exact) mass is 294 g/mol. The van der Waals surface area contributed by atoms with Crippen LogP contribution in [0, 0.1) is 0 Å². The third kappa shape index (κ3) is 2.52. The summed E-state index contributed by atoms with van der Waals surface area (Å²) in [6.07, 6.45) is 0. The Labute approximate surface area is 121 Å². The molecule has 106 valence electrons. The Morgan fingerprint density at radius 1 is 1.50 bits per heavy atom. The highest BCUT2D eigenvalue weighted by atomic mass is 35.5. The number of benzene rings is 1. The Morgan fingerprint density at radius 2 is 2.20 bits per heavy atom. The first-order valence-electron chi connectivity index (χ1n) is 6.13. The predicted molar refractivity (Wildman–Crippen MR) is 75.3 cm³/mol. The molecule has 6 nitrogen and oxygen atoms in total. The summed E-state index contributed by atoms with van der Waals surface area (Å²) in [7, 11) is 0. The molecule has 1 heterocycles. The summed E-state index contributed by atoms with van der Waals surface area (Å²) >= 11 is 5.87. The molecule has 0 aliphatic heterocycles. The molecule has 0 unspecified atom stereocenters. The van der Waals surface area contributed by atoms with Crippen LogP contribution in [0.1, 0.15) is 41.5 Å². The number of carboxylic acid groups (broad SMARTS) is 1. The van der Waals surface area contributed by atoms with E-state index in [0.717, 1.165) is 5.69 Å². The number of hydrogen-bond donors (Lipinski definition) is 2. The van der Waals surface area contributed by atoms with E-state index in [1.54, 1.807) is 10.7 Å². The van der Waals surface area contributed by atoms with Gasteiger partial charge in [-0.05, 0) is 24.1 Å². The first kappa shape index (κ1) is 14.5. The molecule has 20 heavy (non-hydrogen) atoms.